The Kier molecular flexibility index (Phi) is 5.49. The van der Waals surface area contributed by atoms with Gasteiger partial charge in [-0.15, -0.1) is 13.2 Å². The molecule has 0 radical (unpaired) electrons. The van der Waals surface area contributed by atoms with E-state index in [1.165, 1.54) is 18.2 Å². The van der Waals surface area contributed by atoms with Crippen molar-refractivity contribution in [1.29, 1.82) is 0 Å². The Morgan fingerprint density at radius 3 is 2.15 bits per heavy atom. The van der Waals surface area contributed by atoms with Crippen molar-refractivity contribution in [2.45, 2.75) is 4.58 Å². The normalized spacial score (nSPS) is 13.4. The highest BCUT2D eigenvalue weighted by molar-refractivity contribution is 8.05. The van der Waals surface area contributed by atoms with Crippen LogP contribution in [0.3, 0.4) is 0 Å². The summed E-state index contributed by atoms with van der Waals surface area (Å²) >= 11 is 0. The van der Waals surface area contributed by atoms with Gasteiger partial charge >= 0.3 is 10.1 Å². The van der Waals surface area contributed by atoms with Crippen molar-refractivity contribution < 1.29 is 25.2 Å². The van der Waals surface area contributed by atoms with Gasteiger partial charge in [0.05, 0.1) is 6.61 Å². The molecule has 0 bridgehead atoms. The Labute approximate surface area is 118 Å². The van der Waals surface area contributed by atoms with Crippen LogP contribution in [0.25, 0.3) is 0 Å². The number of hydrogen-bond donors (Lipinski definition) is 0. The number of rotatable bonds is 8. The molecule has 20 heavy (non-hydrogen) atoms. The van der Waals surface area contributed by atoms with E-state index in [2.05, 4.69) is 17.3 Å². The van der Waals surface area contributed by atoms with E-state index in [-0.39, 0.29) is 12.4 Å². The van der Waals surface area contributed by atoms with Crippen molar-refractivity contribution in [1.82, 2.24) is 0 Å². The third-order valence-electron chi connectivity index (χ3n) is 2.07. The predicted octanol–water partition coefficient (Wildman–Crippen LogP) is 1.44. The number of benzene rings is 1. The minimum absolute atomic E-state index is 0.00160. The first-order chi connectivity index (χ1) is 9.33. The molecule has 8 heteroatoms. The van der Waals surface area contributed by atoms with E-state index in [9.17, 15) is 16.8 Å². The molecule has 0 saturated carbocycles. The molecule has 0 aromatic heterocycles. The Balaban J connectivity index is 3.04. The van der Waals surface area contributed by atoms with Gasteiger partial charge in [-0.2, -0.15) is 16.8 Å². The quantitative estimate of drug-likeness (QED) is 0.532. The predicted molar refractivity (Wildman–Crippen MR) is 75.0 cm³/mol. The maximum atomic E-state index is 12.0. The second-order valence-electron chi connectivity index (χ2n) is 3.56. The van der Waals surface area contributed by atoms with E-state index in [0.29, 0.717) is 0 Å². The largest absolute Gasteiger partial charge is 0.381 e. The molecule has 0 aliphatic heterocycles. The highest BCUT2D eigenvalue weighted by Gasteiger charge is 2.38. The van der Waals surface area contributed by atoms with Crippen molar-refractivity contribution in [2.24, 2.45) is 0 Å². The first-order valence-corrected chi connectivity index (χ1v) is 8.38. The molecular weight excluding hydrogens is 304 g/mol. The standard InChI is InChI=1S/C12H14O6S2/c1-3-10-17-19(13,14)12(4-2)20(15,16)18-11-8-6-5-7-9-11/h3-9,12H,1-2,10H2. The van der Waals surface area contributed by atoms with Gasteiger partial charge in [0.15, 0.2) is 0 Å². The molecule has 0 N–H and O–H groups in total. The molecule has 0 spiro atoms. The lowest BCUT2D eigenvalue weighted by atomic mass is 10.3. The minimum atomic E-state index is -4.48. The summed E-state index contributed by atoms with van der Waals surface area (Å²) in [6.45, 7) is 6.14. The maximum absolute atomic E-state index is 12.0. The van der Waals surface area contributed by atoms with Crippen LogP contribution in [0.15, 0.2) is 55.6 Å². The second-order valence-corrected chi connectivity index (χ2v) is 7.25. The third kappa shape index (κ3) is 4.19. The van der Waals surface area contributed by atoms with Crippen molar-refractivity contribution in [3.63, 3.8) is 0 Å². The topological polar surface area (TPSA) is 86.7 Å². The Hall–Kier alpha value is -1.64. The summed E-state index contributed by atoms with van der Waals surface area (Å²) < 4.78 is 54.6. The molecule has 110 valence electrons. The molecular formula is C12H14O6S2. The van der Waals surface area contributed by atoms with Gasteiger partial charge in [0.1, 0.15) is 5.75 Å². The molecule has 0 heterocycles. The Morgan fingerprint density at radius 2 is 1.65 bits per heavy atom. The molecule has 6 nitrogen and oxygen atoms in total. The van der Waals surface area contributed by atoms with Crippen molar-refractivity contribution >= 4 is 20.2 Å². The van der Waals surface area contributed by atoms with Gasteiger partial charge in [-0.25, -0.2) is 0 Å². The van der Waals surface area contributed by atoms with Gasteiger partial charge in [0.25, 0.3) is 10.1 Å². The number of hydrogen-bond acceptors (Lipinski definition) is 6. The van der Waals surface area contributed by atoms with Gasteiger partial charge in [-0.05, 0) is 12.1 Å². The minimum Gasteiger partial charge on any atom is -0.381 e. The fourth-order valence-corrected chi connectivity index (χ4v) is 4.05. The van der Waals surface area contributed by atoms with Crippen LogP contribution in [0.2, 0.25) is 0 Å². The monoisotopic (exact) mass is 318 g/mol. The smallest absolute Gasteiger partial charge is 0.332 e. The van der Waals surface area contributed by atoms with Gasteiger partial charge in [0, 0.05) is 0 Å². The van der Waals surface area contributed by atoms with Gasteiger partial charge in [0.2, 0.25) is 4.58 Å². The molecule has 1 aromatic carbocycles. The summed E-state index contributed by atoms with van der Waals surface area (Å²) in [5, 5.41) is 0. The zero-order valence-corrected chi connectivity index (χ0v) is 12.1. The van der Waals surface area contributed by atoms with Crippen LogP contribution in [-0.2, 0) is 24.4 Å². The van der Waals surface area contributed by atoms with Gasteiger partial charge in [-0.3, -0.25) is 4.18 Å². The lowest BCUT2D eigenvalue weighted by Crippen LogP contribution is -2.33. The third-order valence-corrected chi connectivity index (χ3v) is 5.89. The molecule has 1 rings (SSSR count). The average Bonchev–Trinajstić information content (AvgIpc) is 2.37. The lowest BCUT2D eigenvalue weighted by molar-refractivity contribution is 0.356. The van der Waals surface area contributed by atoms with E-state index in [1.54, 1.807) is 18.2 Å². The van der Waals surface area contributed by atoms with E-state index >= 15 is 0 Å². The van der Waals surface area contributed by atoms with Gasteiger partial charge < -0.3 is 4.18 Å². The molecule has 1 aromatic rings. The Morgan fingerprint density at radius 1 is 1.05 bits per heavy atom. The lowest BCUT2D eigenvalue weighted by Gasteiger charge is -2.14. The molecule has 0 amide bonds. The summed E-state index contributed by atoms with van der Waals surface area (Å²) in [5.74, 6) is -0.00160. The molecule has 1 atom stereocenters. The van der Waals surface area contributed by atoms with Crippen LogP contribution in [-0.4, -0.2) is 28.0 Å². The number of para-hydroxylation sites is 1. The molecule has 0 fully saturated rings. The van der Waals surface area contributed by atoms with E-state index in [1.807, 2.05) is 0 Å². The van der Waals surface area contributed by atoms with Crippen LogP contribution < -0.4 is 4.18 Å². The van der Waals surface area contributed by atoms with Crippen LogP contribution in [0.5, 0.6) is 5.75 Å². The fraction of sp³-hybridized carbons (Fsp3) is 0.167. The zero-order valence-electron chi connectivity index (χ0n) is 10.5. The summed E-state index contributed by atoms with van der Waals surface area (Å²) in [6.07, 6.45) is 1.92. The average molecular weight is 318 g/mol. The summed E-state index contributed by atoms with van der Waals surface area (Å²) in [5.41, 5.74) is 0. The van der Waals surface area contributed by atoms with Crippen LogP contribution >= 0.6 is 0 Å². The van der Waals surface area contributed by atoms with Crippen LogP contribution in [0.4, 0.5) is 0 Å². The summed E-state index contributed by atoms with van der Waals surface area (Å²) in [7, 11) is -8.89. The first-order valence-electron chi connectivity index (χ1n) is 5.43. The summed E-state index contributed by atoms with van der Waals surface area (Å²) in [6, 6.07) is 7.53. The first kappa shape index (κ1) is 16.4. The van der Waals surface area contributed by atoms with Crippen molar-refractivity contribution in [3.05, 3.63) is 55.6 Å². The highest BCUT2D eigenvalue weighted by Crippen LogP contribution is 2.19. The van der Waals surface area contributed by atoms with E-state index < -0.39 is 24.8 Å². The highest BCUT2D eigenvalue weighted by atomic mass is 32.3. The molecule has 0 saturated heterocycles. The molecule has 0 aliphatic rings. The summed E-state index contributed by atoms with van der Waals surface area (Å²) in [4.78, 5) is 0. The van der Waals surface area contributed by atoms with E-state index in [4.69, 9.17) is 4.18 Å². The van der Waals surface area contributed by atoms with Gasteiger partial charge in [-0.1, -0.05) is 30.4 Å². The molecule has 1 unspecified atom stereocenters. The van der Waals surface area contributed by atoms with Crippen molar-refractivity contribution in [2.75, 3.05) is 6.61 Å². The fourth-order valence-electron chi connectivity index (χ4n) is 1.25. The zero-order chi connectivity index (χ0) is 15.2. The SMILES string of the molecule is C=CCOS(=O)(=O)C(C=C)S(=O)(=O)Oc1ccccc1. The Bertz CT molecular complexity index is 661. The van der Waals surface area contributed by atoms with Crippen LogP contribution in [0.1, 0.15) is 0 Å². The van der Waals surface area contributed by atoms with E-state index in [0.717, 1.165) is 6.08 Å². The van der Waals surface area contributed by atoms with Crippen molar-refractivity contribution in [3.8, 4) is 5.75 Å². The van der Waals surface area contributed by atoms with Crippen LogP contribution in [0, 0.1) is 0 Å². The maximum Gasteiger partial charge on any atom is 0.332 e. The molecule has 0 aliphatic carbocycles. The second kappa shape index (κ2) is 6.69.